The molecule has 1 atom stereocenters. The summed E-state index contributed by atoms with van der Waals surface area (Å²) >= 11 is 10.4. The highest BCUT2D eigenvalue weighted by Crippen LogP contribution is 2.34. The number of hydrogen-bond acceptors (Lipinski definition) is 3. The molecule has 88 valence electrons. The number of Topliss-reactive ketones (excluding diaryl/α,β-unsaturated/α-hetero) is 1. The summed E-state index contributed by atoms with van der Waals surface area (Å²) in [7, 11) is -3.67. The number of benzene rings is 1. The maximum atomic E-state index is 11.9. The molecular formula is C9H7BrClIO3S. The lowest BCUT2D eigenvalue weighted by Gasteiger charge is -2.16. The number of ketones is 1. The molecule has 0 saturated carbocycles. The van der Waals surface area contributed by atoms with E-state index in [-0.39, 0.29) is 5.56 Å². The van der Waals surface area contributed by atoms with E-state index < -0.39 is 17.8 Å². The van der Waals surface area contributed by atoms with Crippen LogP contribution in [-0.2, 0) is 9.84 Å². The molecule has 0 aliphatic heterocycles. The molecular weight excluding hydrogens is 430 g/mol. The fourth-order valence-corrected chi connectivity index (χ4v) is 2.08. The van der Waals surface area contributed by atoms with Crippen LogP contribution in [0.25, 0.3) is 0 Å². The van der Waals surface area contributed by atoms with Gasteiger partial charge in [0.25, 0.3) is 2.21 Å². The first-order valence-corrected chi connectivity index (χ1v) is 8.18. The van der Waals surface area contributed by atoms with Gasteiger partial charge in [0.05, 0.1) is 0 Å². The molecule has 0 aliphatic carbocycles. The average Bonchev–Trinajstić information content (AvgIpc) is 2.16. The van der Waals surface area contributed by atoms with Crippen molar-refractivity contribution in [2.75, 3.05) is 6.26 Å². The summed E-state index contributed by atoms with van der Waals surface area (Å²) in [6.07, 6.45) is 0.934. The van der Waals surface area contributed by atoms with Gasteiger partial charge < -0.3 is 0 Å². The van der Waals surface area contributed by atoms with Gasteiger partial charge in [0, 0.05) is 16.3 Å². The molecule has 0 spiro atoms. The first kappa shape index (κ1) is 14.4. The van der Waals surface area contributed by atoms with Crippen molar-refractivity contribution in [1.29, 1.82) is 0 Å². The standard InChI is InChI=1S/C9H7BrClIO3S/c1-16(14,15)9(11,12)8(13)6-2-4-7(10)5-3-6/h2-5H,1H3/t9-/m1/s1. The van der Waals surface area contributed by atoms with Crippen molar-refractivity contribution in [3.05, 3.63) is 34.3 Å². The Morgan fingerprint density at radius 3 is 2.19 bits per heavy atom. The Balaban J connectivity index is 3.18. The molecule has 0 heterocycles. The van der Waals surface area contributed by atoms with E-state index in [9.17, 15) is 13.2 Å². The first-order chi connectivity index (χ1) is 7.16. The van der Waals surface area contributed by atoms with E-state index in [1.807, 2.05) is 0 Å². The zero-order valence-electron chi connectivity index (χ0n) is 8.08. The first-order valence-electron chi connectivity index (χ1n) is 4.04. The molecule has 1 aromatic rings. The van der Waals surface area contributed by atoms with E-state index in [2.05, 4.69) is 15.9 Å². The summed E-state index contributed by atoms with van der Waals surface area (Å²) < 4.78 is 21.6. The van der Waals surface area contributed by atoms with Crippen LogP contribution in [0.5, 0.6) is 0 Å². The van der Waals surface area contributed by atoms with E-state index in [1.165, 1.54) is 34.7 Å². The Labute approximate surface area is 121 Å². The van der Waals surface area contributed by atoms with Crippen molar-refractivity contribution in [3.8, 4) is 0 Å². The molecule has 0 unspecified atom stereocenters. The molecule has 1 rings (SSSR count). The van der Waals surface area contributed by atoms with Crippen molar-refractivity contribution in [2.45, 2.75) is 2.21 Å². The molecule has 1 aromatic carbocycles. The number of alkyl halides is 2. The van der Waals surface area contributed by atoms with Crippen LogP contribution in [0.4, 0.5) is 0 Å². The predicted octanol–water partition coefficient (Wildman–Crippen LogP) is 3.00. The zero-order valence-corrected chi connectivity index (χ0v) is 13.4. The molecule has 0 aromatic heterocycles. The number of carbonyl (C=O) groups is 1. The topological polar surface area (TPSA) is 51.2 Å². The fourth-order valence-electron chi connectivity index (χ4n) is 0.938. The molecule has 0 amide bonds. The second kappa shape index (κ2) is 4.91. The third kappa shape index (κ3) is 2.96. The van der Waals surface area contributed by atoms with Crippen LogP contribution < -0.4 is 0 Å². The molecule has 0 N–H and O–H groups in total. The number of hydrogen-bond donors (Lipinski definition) is 0. The maximum Gasteiger partial charge on any atom is 0.257 e. The summed E-state index contributed by atoms with van der Waals surface area (Å²) in [5.74, 6) is -0.634. The summed E-state index contributed by atoms with van der Waals surface area (Å²) in [5, 5.41) is 0. The lowest BCUT2D eigenvalue weighted by Crippen LogP contribution is -2.34. The zero-order chi connectivity index (χ0) is 12.6. The Morgan fingerprint density at radius 2 is 1.81 bits per heavy atom. The number of rotatable bonds is 3. The summed E-state index contributed by atoms with van der Waals surface area (Å²) in [6.45, 7) is 0. The van der Waals surface area contributed by atoms with Crippen LogP contribution in [0.1, 0.15) is 10.4 Å². The van der Waals surface area contributed by atoms with Crippen molar-refractivity contribution >= 4 is 65.7 Å². The van der Waals surface area contributed by atoms with Gasteiger partial charge in [-0.2, -0.15) is 0 Å². The van der Waals surface area contributed by atoms with Crippen LogP contribution in [0.3, 0.4) is 0 Å². The average molecular weight is 437 g/mol. The smallest absolute Gasteiger partial charge is 0.257 e. The Bertz CT molecular complexity index is 510. The van der Waals surface area contributed by atoms with Gasteiger partial charge >= 0.3 is 0 Å². The van der Waals surface area contributed by atoms with E-state index in [0.29, 0.717) is 0 Å². The Morgan fingerprint density at radius 1 is 1.38 bits per heavy atom. The molecule has 16 heavy (non-hydrogen) atoms. The van der Waals surface area contributed by atoms with Crippen LogP contribution in [0.15, 0.2) is 28.7 Å². The summed E-state index contributed by atoms with van der Waals surface area (Å²) in [5.41, 5.74) is 0.262. The molecule has 0 bridgehead atoms. The third-order valence-corrected chi connectivity index (χ3v) is 7.38. The van der Waals surface area contributed by atoms with Gasteiger partial charge in [0.15, 0.2) is 9.84 Å². The monoisotopic (exact) mass is 436 g/mol. The van der Waals surface area contributed by atoms with Gasteiger partial charge in [-0.15, -0.1) is 0 Å². The number of carbonyl (C=O) groups excluding carboxylic acids is 1. The Kier molecular flexibility index (Phi) is 4.42. The molecule has 0 radical (unpaired) electrons. The minimum Gasteiger partial charge on any atom is -0.290 e. The SMILES string of the molecule is CS(=O)(=O)[C@](Cl)(I)C(=O)c1ccc(Br)cc1. The number of halogens is 3. The predicted molar refractivity (Wildman–Crippen MR) is 75.9 cm³/mol. The highest BCUT2D eigenvalue weighted by Gasteiger charge is 2.43. The molecule has 0 fully saturated rings. The van der Waals surface area contributed by atoms with Crippen molar-refractivity contribution in [3.63, 3.8) is 0 Å². The van der Waals surface area contributed by atoms with E-state index >= 15 is 0 Å². The van der Waals surface area contributed by atoms with Gasteiger partial charge in [-0.25, -0.2) is 8.42 Å². The third-order valence-electron chi connectivity index (χ3n) is 1.84. The summed E-state index contributed by atoms with van der Waals surface area (Å²) in [6, 6.07) is 6.35. The van der Waals surface area contributed by atoms with Crippen LogP contribution in [0.2, 0.25) is 0 Å². The summed E-state index contributed by atoms with van der Waals surface area (Å²) in [4.78, 5) is 11.9. The van der Waals surface area contributed by atoms with Gasteiger partial charge in [-0.3, -0.25) is 4.79 Å². The molecule has 0 saturated heterocycles. The van der Waals surface area contributed by atoms with Gasteiger partial charge in [-0.05, 0) is 34.7 Å². The lowest BCUT2D eigenvalue weighted by atomic mass is 10.1. The molecule has 7 heteroatoms. The number of sulfone groups is 1. The van der Waals surface area contributed by atoms with Crippen LogP contribution in [0, 0.1) is 0 Å². The van der Waals surface area contributed by atoms with Gasteiger partial charge in [0.1, 0.15) is 0 Å². The Hall–Kier alpha value is 0.340. The second-order valence-corrected chi connectivity index (χ2v) is 9.98. The van der Waals surface area contributed by atoms with Gasteiger partial charge in [0.2, 0.25) is 5.78 Å². The van der Waals surface area contributed by atoms with E-state index in [4.69, 9.17) is 11.6 Å². The minimum absolute atomic E-state index is 0.262. The highest BCUT2D eigenvalue weighted by molar-refractivity contribution is 14.1. The van der Waals surface area contributed by atoms with Crippen molar-refractivity contribution < 1.29 is 13.2 Å². The highest BCUT2D eigenvalue weighted by atomic mass is 127. The normalized spacial score (nSPS) is 15.5. The van der Waals surface area contributed by atoms with Gasteiger partial charge in [-0.1, -0.05) is 39.7 Å². The largest absolute Gasteiger partial charge is 0.290 e. The maximum absolute atomic E-state index is 11.9. The second-order valence-electron chi connectivity index (χ2n) is 3.12. The van der Waals surface area contributed by atoms with Crippen molar-refractivity contribution in [2.24, 2.45) is 0 Å². The lowest BCUT2D eigenvalue weighted by molar-refractivity contribution is 0.100. The van der Waals surface area contributed by atoms with Crippen molar-refractivity contribution in [1.82, 2.24) is 0 Å². The van der Waals surface area contributed by atoms with E-state index in [0.717, 1.165) is 10.7 Å². The fraction of sp³-hybridized carbons (Fsp3) is 0.222. The minimum atomic E-state index is -3.67. The quantitative estimate of drug-likeness (QED) is 0.415. The van der Waals surface area contributed by atoms with Crippen LogP contribution >= 0.6 is 50.1 Å². The molecule has 0 aliphatic rings. The molecule has 3 nitrogen and oxygen atoms in total. The van der Waals surface area contributed by atoms with Crippen LogP contribution in [-0.4, -0.2) is 22.7 Å². The van der Waals surface area contributed by atoms with E-state index in [1.54, 1.807) is 12.1 Å².